The fraction of sp³-hybridized carbons (Fsp3) is 0.462. The molecule has 3 rings (SSSR count). The molecule has 0 aliphatic carbocycles. The molecule has 1 fully saturated rings. The van der Waals surface area contributed by atoms with Crippen LogP contribution in [0.2, 0.25) is 0 Å². The predicted octanol–water partition coefficient (Wildman–Crippen LogP) is 3.01. The van der Waals surface area contributed by atoms with Crippen LogP contribution in [0.3, 0.4) is 0 Å². The number of hydrogen-bond acceptors (Lipinski definition) is 2. The maximum absolute atomic E-state index is 4.64. The van der Waals surface area contributed by atoms with Gasteiger partial charge in [-0.15, -0.1) is 0 Å². The van der Waals surface area contributed by atoms with Crippen molar-refractivity contribution in [2.45, 2.75) is 31.7 Å². The highest BCUT2D eigenvalue weighted by Crippen LogP contribution is 2.19. The van der Waals surface area contributed by atoms with Crippen molar-refractivity contribution >= 4 is 27.0 Å². The molecule has 1 aliphatic rings. The molecule has 2 N–H and O–H groups in total. The second kappa shape index (κ2) is 4.78. The third-order valence-corrected chi connectivity index (χ3v) is 3.84. The second-order valence-corrected chi connectivity index (χ2v) is 5.61. The average Bonchev–Trinajstić information content (AvgIpc) is 2.71. The van der Waals surface area contributed by atoms with Crippen LogP contribution in [-0.4, -0.2) is 22.6 Å². The Bertz CT molecular complexity index is 514. The van der Waals surface area contributed by atoms with E-state index in [2.05, 4.69) is 43.3 Å². The van der Waals surface area contributed by atoms with E-state index in [1.54, 1.807) is 0 Å². The first-order valence-electron chi connectivity index (χ1n) is 6.19. The molecule has 1 unspecified atom stereocenters. The molecule has 4 heteroatoms. The topological polar surface area (TPSA) is 40.7 Å². The molecule has 1 aromatic carbocycles. The first-order valence-corrected chi connectivity index (χ1v) is 6.98. The Morgan fingerprint density at radius 1 is 1.35 bits per heavy atom. The maximum Gasteiger partial charge on any atom is 0.108 e. The summed E-state index contributed by atoms with van der Waals surface area (Å²) in [5.74, 6) is 1.09. The number of hydrogen-bond donors (Lipinski definition) is 2. The zero-order valence-electron chi connectivity index (χ0n) is 9.67. The van der Waals surface area contributed by atoms with E-state index in [9.17, 15) is 0 Å². The number of H-pyrrole nitrogens is 1. The minimum Gasteiger partial charge on any atom is -0.342 e. The van der Waals surface area contributed by atoms with Crippen LogP contribution in [0.25, 0.3) is 11.0 Å². The number of fused-ring (bicyclic) bond motifs is 1. The van der Waals surface area contributed by atoms with E-state index in [-0.39, 0.29) is 0 Å². The lowest BCUT2D eigenvalue weighted by Crippen LogP contribution is -2.35. The van der Waals surface area contributed by atoms with E-state index in [4.69, 9.17) is 0 Å². The van der Waals surface area contributed by atoms with Crippen LogP contribution in [0.1, 0.15) is 25.1 Å². The van der Waals surface area contributed by atoms with Gasteiger partial charge in [-0.2, -0.15) is 0 Å². The molecule has 1 saturated heterocycles. The van der Waals surface area contributed by atoms with Gasteiger partial charge in [-0.1, -0.05) is 22.4 Å². The zero-order chi connectivity index (χ0) is 11.7. The Kier molecular flexibility index (Phi) is 3.16. The number of rotatable bonds is 2. The standard InChI is InChI=1S/C13H16BrN3/c14-9-4-5-11-12(7-9)17-13(16-11)8-10-3-1-2-6-15-10/h4-5,7,10,15H,1-3,6,8H2,(H,16,17). The van der Waals surface area contributed by atoms with Crippen LogP contribution in [0.4, 0.5) is 0 Å². The van der Waals surface area contributed by atoms with Crippen molar-refractivity contribution in [3.8, 4) is 0 Å². The van der Waals surface area contributed by atoms with Gasteiger partial charge >= 0.3 is 0 Å². The molecule has 0 bridgehead atoms. The fourth-order valence-electron chi connectivity index (χ4n) is 2.46. The summed E-state index contributed by atoms with van der Waals surface area (Å²) >= 11 is 3.47. The monoisotopic (exact) mass is 293 g/mol. The van der Waals surface area contributed by atoms with Gasteiger partial charge in [-0.25, -0.2) is 4.98 Å². The Morgan fingerprint density at radius 2 is 2.29 bits per heavy atom. The minimum absolute atomic E-state index is 0.591. The minimum atomic E-state index is 0.591. The molecule has 2 heterocycles. The van der Waals surface area contributed by atoms with Crippen LogP contribution in [0, 0.1) is 0 Å². The highest BCUT2D eigenvalue weighted by molar-refractivity contribution is 9.10. The van der Waals surface area contributed by atoms with Crippen molar-refractivity contribution in [3.63, 3.8) is 0 Å². The summed E-state index contributed by atoms with van der Waals surface area (Å²) in [5, 5.41) is 3.55. The molecule has 0 amide bonds. The third-order valence-electron chi connectivity index (χ3n) is 3.35. The highest BCUT2D eigenvalue weighted by Gasteiger charge is 2.14. The number of halogens is 1. The van der Waals surface area contributed by atoms with E-state index in [1.807, 2.05) is 6.07 Å². The number of imidazole rings is 1. The van der Waals surface area contributed by atoms with Crippen molar-refractivity contribution < 1.29 is 0 Å². The molecule has 1 aromatic heterocycles. The van der Waals surface area contributed by atoms with Gasteiger partial charge < -0.3 is 10.3 Å². The molecule has 17 heavy (non-hydrogen) atoms. The lowest BCUT2D eigenvalue weighted by atomic mass is 10.0. The Labute approximate surface area is 109 Å². The van der Waals surface area contributed by atoms with Crippen molar-refractivity contribution in [1.29, 1.82) is 0 Å². The number of nitrogens with zero attached hydrogens (tertiary/aromatic N) is 1. The molecule has 3 nitrogen and oxygen atoms in total. The van der Waals surface area contributed by atoms with Gasteiger partial charge in [0.05, 0.1) is 11.0 Å². The summed E-state index contributed by atoms with van der Waals surface area (Å²) in [7, 11) is 0. The smallest absolute Gasteiger partial charge is 0.108 e. The first-order chi connectivity index (χ1) is 8.31. The number of benzene rings is 1. The Hall–Kier alpha value is -0.870. The van der Waals surface area contributed by atoms with Crippen molar-refractivity contribution in [2.24, 2.45) is 0 Å². The van der Waals surface area contributed by atoms with Gasteiger partial charge in [0.25, 0.3) is 0 Å². The molecule has 0 saturated carbocycles. The van der Waals surface area contributed by atoms with Crippen molar-refractivity contribution in [1.82, 2.24) is 15.3 Å². The van der Waals surface area contributed by atoms with Gasteiger partial charge in [-0.3, -0.25) is 0 Å². The second-order valence-electron chi connectivity index (χ2n) is 4.70. The van der Waals surface area contributed by atoms with E-state index in [0.29, 0.717) is 6.04 Å². The van der Waals surface area contributed by atoms with Crippen LogP contribution in [0.15, 0.2) is 22.7 Å². The highest BCUT2D eigenvalue weighted by atomic mass is 79.9. The molecular weight excluding hydrogens is 278 g/mol. The van der Waals surface area contributed by atoms with Gasteiger partial charge in [0, 0.05) is 16.9 Å². The number of aromatic amines is 1. The summed E-state index contributed by atoms with van der Waals surface area (Å²) in [5.41, 5.74) is 2.17. The predicted molar refractivity (Wildman–Crippen MR) is 73.1 cm³/mol. The van der Waals surface area contributed by atoms with Gasteiger partial charge in [0.2, 0.25) is 0 Å². The van der Waals surface area contributed by atoms with Crippen LogP contribution in [-0.2, 0) is 6.42 Å². The average molecular weight is 294 g/mol. The summed E-state index contributed by atoms with van der Waals surface area (Å²) in [6.45, 7) is 1.15. The van der Waals surface area contributed by atoms with Crippen LogP contribution in [0.5, 0.6) is 0 Å². The van der Waals surface area contributed by atoms with Gasteiger partial charge in [0.15, 0.2) is 0 Å². The number of aromatic nitrogens is 2. The number of nitrogens with one attached hydrogen (secondary N) is 2. The normalized spacial score (nSPS) is 20.9. The van der Waals surface area contributed by atoms with Gasteiger partial charge in [0.1, 0.15) is 5.82 Å². The summed E-state index contributed by atoms with van der Waals surface area (Å²) in [6.07, 6.45) is 4.92. The Balaban J connectivity index is 1.80. The van der Waals surface area contributed by atoms with Crippen molar-refractivity contribution in [3.05, 3.63) is 28.5 Å². The fourth-order valence-corrected chi connectivity index (χ4v) is 2.81. The van der Waals surface area contributed by atoms with E-state index >= 15 is 0 Å². The Morgan fingerprint density at radius 3 is 3.12 bits per heavy atom. The lowest BCUT2D eigenvalue weighted by molar-refractivity contribution is 0.395. The largest absolute Gasteiger partial charge is 0.342 e. The number of piperidine rings is 1. The van der Waals surface area contributed by atoms with Crippen molar-refractivity contribution in [2.75, 3.05) is 6.54 Å². The molecular formula is C13H16BrN3. The van der Waals surface area contributed by atoms with Gasteiger partial charge in [-0.05, 0) is 37.6 Å². The summed E-state index contributed by atoms with van der Waals surface area (Å²) < 4.78 is 1.08. The van der Waals surface area contributed by atoms with Crippen LogP contribution < -0.4 is 5.32 Å². The van der Waals surface area contributed by atoms with E-state index in [1.165, 1.54) is 19.3 Å². The molecule has 0 radical (unpaired) electrons. The molecule has 90 valence electrons. The lowest BCUT2D eigenvalue weighted by Gasteiger charge is -2.22. The van der Waals surface area contributed by atoms with E-state index < -0.39 is 0 Å². The quantitative estimate of drug-likeness (QED) is 0.894. The molecule has 1 atom stereocenters. The van der Waals surface area contributed by atoms with E-state index in [0.717, 1.165) is 34.3 Å². The molecule has 0 spiro atoms. The maximum atomic E-state index is 4.64. The first kappa shape index (κ1) is 11.2. The van der Waals surface area contributed by atoms with Crippen LogP contribution >= 0.6 is 15.9 Å². The SMILES string of the molecule is Brc1ccc2[nH]c(CC3CCCCN3)nc2c1. The molecule has 2 aromatic rings. The summed E-state index contributed by atoms with van der Waals surface area (Å²) in [6, 6.07) is 6.77. The molecule has 1 aliphatic heterocycles. The third kappa shape index (κ3) is 2.53. The zero-order valence-corrected chi connectivity index (χ0v) is 11.3. The summed E-state index contributed by atoms with van der Waals surface area (Å²) in [4.78, 5) is 8.04.